The highest BCUT2D eigenvalue weighted by atomic mass is 79.9. The van der Waals surface area contributed by atoms with Crippen LogP contribution in [0.25, 0.3) is 11.3 Å². The highest BCUT2D eigenvalue weighted by Gasteiger charge is 2.15. The van der Waals surface area contributed by atoms with Gasteiger partial charge in [0.1, 0.15) is 11.0 Å². The van der Waals surface area contributed by atoms with Crippen molar-refractivity contribution in [2.45, 2.75) is 13.5 Å². The van der Waals surface area contributed by atoms with Gasteiger partial charge in [0.15, 0.2) is 0 Å². The van der Waals surface area contributed by atoms with Crippen molar-refractivity contribution in [2.24, 2.45) is 0 Å². The Labute approximate surface area is 118 Å². The number of rotatable bonds is 4. The maximum absolute atomic E-state index is 12.0. The number of H-pyrrole nitrogens is 1. The molecule has 0 aliphatic rings. The van der Waals surface area contributed by atoms with Crippen molar-refractivity contribution in [2.75, 3.05) is 6.61 Å². The molecule has 0 bridgehead atoms. The summed E-state index contributed by atoms with van der Waals surface area (Å²) < 4.78 is 6.45. The number of hydrogen-bond donors (Lipinski definition) is 1. The number of nitrogens with zero attached hydrogens (tertiary/aromatic N) is 1. The molecule has 0 fully saturated rings. The lowest BCUT2D eigenvalue weighted by Crippen LogP contribution is -2.23. The van der Waals surface area contributed by atoms with Crippen LogP contribution in [0.2, 0.25) is 0 Å². The first kappa shape index (κ1) is 13.6. The van der Waals surface area contributed by atoms with Crippen LogP contribution in [0.5, 0.6) is 0 Å². The molecule has 100 valence electrons. The average Bonchev–Trinajstić information content (AvgIpc) is 2.68. The molecule has 6 heteroatoms. The first-order valence-corrected chi connectivity index (χ1v) is 6.62. The lowest BCUT2D eigenvalue weighted by atomic mass is 10.2. The number of esters is 1. The molecular formula is C13H13BrN2O3. The van der Waals surface area contributed by atoms with Crippen LogP contribution in [0.4, 0.5) is 0 Å². The molecule has 1 aromatic carbocycles. The Balaban J connectivity index is 2.34. The van der Waals surface area contributed by atoms with Crippen molar-refractivity contribution in [1.82, 2.24) is 9.78 Å². The van der Waals surface area contributed by atoms with Crippen LogP contribution in [0.3, 0.4) is 0 Å². The molecule has 1 aromatic heterocycles. The molecule has 5 nitrogen and oxygen atoms in total. The van der Waals surface area contributed by atoms with Crippen LogP contribution < -0.4 is 5.56 Å². The fourth-order valence-corrected chi connectivity index (χ4v) is 2.24. The molecule has 2 aromatic rings. The van der Waals surface area contributed by atoms with E-state index < -0.39 is 5.97 Å². The van der Waals surface area contributed by atoms with Crippen molar-refractivity contribution in [1.29, 1.82) is 0 Å². The number of benzene rings is 1. The lowest BCUT2D eigenvalue weighted by molar-refractivity contribution is -0.144. The molecule has 0 amide bonds. The van der Waals surface area contributed by atoms with Crippen LogP contribution >= 0.6 is 15.9 Å². The van der Waals surface area contributed by atoms with E-state index in [2.05, 4.69) is 21.0 Å². The molecule has 0 spiro atoms. The zero-order valence-corrected chi connectivity index (χ0v) is 11.9. The summed E-state index contributed by atoms with van der Waals surface area (Å²) in [4.78, 5) is 23.4. The van der Waals surface area contributed by atoms with Gasteiger partial charge in [-0.25, -0.2) is 4.68 Å². The Hall–Kier alpha value is -1.82. The largest absolute Gasteiger partial charge is 0.465 e. The Bertz CT molecular complexity index is 631. The predicted molar refractivity (Wildman–Crippen MR) is 74.8 cm³/mol. The summed E-state index contributed by atoms with van der Waals surface area (Å²) >= 11 is 3.25. The first-order chi connectivity index (χ1) is 9.13. The third kappa shape index (κ3) is 2.96. The minimum Gasteiger partial charge on any atom is -0.465 e. The molecule has 0 atom stereocenters. The molecule has 0 radical (unpaired) electrons. The van der Waals surface area contributed by atoms with E-state index in [-0.39, 0.29) is 12.1 Å². The number of carbonyl (C=O) groups excluding carboxylic acids is 1. The summed E-state index contributed by atoms with van der Waals surface area (Å²) in [5.74, 6) is -0.446. The second-order valence-corrected chi connectivity index (χ2v) is 4.66. The van der Waals surface area contributed by atoms with Crippen molar-refractivity contribution in [3.05, 3.63) is 45.2 Å². The normalized spacial score (nSPS) is 10.4. The minimum atomic E-state index is -0.446. The maximum atomic E-state index is 12.0. The van der Waals surface area contributed by atoms with E-state index in [1.165, 1.54) is 4.68 Å². The van der Waals surface area contributed by atoms with E-state index >= 15 is 0 Å². The second kappa shape index (κ2) is 5.88. The van der Waals surface area contributed by atoms with Gasteiger partial charge in [0.2, 0.25) is 0 Å². The van der Waals surface area contributed by atoms with Gasteiger partial charge in [-0.15, -0.1) is 0 Å². The van der Waals surface area contributed by atoms with Crippen LogP contribution in [0.15, 0.2) is 39.6 Å². The molecule has 0 aliphatic carbocycles. The Kier molecular flexibility index (Phi) is 4.21. The highest BCUT2D eigenvalue weighted by Crippen LogP contribution is 2.23. The van der Waals surface area contributed by atoms with E-state index in [0.717, 1.165) is 5.56 Å². The Morgan fingerprint density at radius 1 is 1.37 bits per heavy atom. The van der Waals surface area contributed by atoms with E-state index in [0.29, 0.717) is 16.8 Å². The molecule has 0 saturated carbocycles. The highest BCUT2D eigenvalue weighted by molar-refractivity contribution is 9.10. The molecular weight excluding hydrogens is 312 g/mol. The molecule has 0 saturated heterocycles. The number of halogens is 1. The standard InChI is InChI=1S/C13H13BrN2O3/c1-2-19-10(17)8-16-13(18)11(14)12(15-16)9-6-4-3-5-7-9/h3-7,15H,2,8H2,1H3. The molecule has 0 unspecified atom stereocenters. The minimum absolute atomic E-state index is 0.127. The van der Waals surface area contributed by atoms with Crippen LogP contribution in [-0.4, -0.2) is 22.4 Å². The van der Waals surface area contributed by atoms with E-state index in [1.807, 2.05) is 30.3 Å². The number of aromatic nitrogens is 2. The quantitative estimate of drug-likeness (QED) is 0.876. The van der Waals surface area contributed by atoms with E-state index in [9.17, 15) is 9.59 Å². The summed E-state index contributed by atoms with van der Waals surface area (Å²) in [7, 11) is 0. The molecule has 1 N–H and O–H groups in total. The number of nitrogens with one attached hydrogen (secondary N) is 1. The molecule has 1 heterocycles. The second-order valence-electron chi connectivity index (χ2n) is 3.86. The van der Waals surface area contributed by atoms with Gasteiger partial charge >= 0.3 is 5.97 Å². The van der Waals surface area contributed by atoms with Crippen LogP contribution in [0, 0.1) is 0 Å². The Morgan fingerprint density at radius 2 is 2.05 bits per heavy atom. The topological polar surface area (TPSA) is 64.1 Å². The van der Waals surface area contributed by atoms with Crippen molar-refractivity contribution in [3.63, 3.8) is 0 Å². The average molecular weight is 325 g/mol. The van der Waals surface area contributed by atoms with E-state index in [4.69, 9.17) is 4.74 Å². The van der Waals surface area contributed by atoms with Crippen molar-refractivity contribution >= 4 is 21.9 Å². The van der Waals surface area contributed by atoms with Gasteiger partial charge in [-0.3, -0.25) is 14.7 Å². The van der Waals surface area contributed by atoms with Crippen molar-refractivity contribution < 1.29 is 9.53 Å². The third-order valence-electron chi connectivity index (χ3n) is 2.55. The molecule has 2 rings (SSSR count). The number of ether oxygens (including phenoxy) is 1. The zero-order valence-electron chi connectivity index (χ0n) is 10.4. The maximum Gasteiger partial charge on any atom is 0.327 e. The molecule has 19 heavy (non-hydrogen) atoms. The fraction of sp³-hybridized carbons (Fsp3) is 0.231. The van der Waals surface area contributed by atoms with Gasteiger partial charge in [0, 0.05) is 5.56 Å². The van der Waals surface area contributed by atoms with Gasteiger partial charge in [0.25, 0.3) is 5.56 Å². The summed E-state index contributed by atoms with van der Waals surface area (Å²) in [6, 6.07) is 9.41. The van der Waals surface area contributed by atoms with Crippen LogP contribution in [0.1, 0.15) is 6.92 Å². The summed E-state index contributed by atoms with van der Waals surface area (Å²) in [5.41, 5.74) is 1.23. The lowest BCUT2D eigenvalue weighted by Gasteiger charge is -2.02. The smallest absolute Gasteiger partial charge is 0.327 e. The number of aromatic amines is 1. The van der Waals surface area contributed by atoms with Gasteiger partial charge in [0.05, 0.1) is 12.3 Å². The first-order valence-electron chi connectivity index (χ1n) is 5.82. The summed E-state index contributed by atoms with van der Waals surface area (Å²) in [6.07, 6.45) is 0. The van der Waals surface area contributed by atoms with Crippen molar-refractivity contribution in [3.8, 4) is 11.3 Å². The third-order valence-corrected chi connectivity index (χ3v) is 3.29. The predicted octanol–water partition coefficient (Wildman–Crippen LogP) is 2.17. The van der Waals surface area contributed by atoms with Gasteiger partial charge in [-0.05, 0) is 22.9 Å². The molecule has 0 aliphatic heterocycles. The number of hydrogen-bond acceptors (Lipinski definition) is 3. The zero-order chi connectivity index (χ0) is 13.8. The SMILES string of the molecule is CCOC(=O)Cn1[nH]c(-c2ccccc2)c(Br)c1=O. The number of carbonyl (C=O) groups is 1. The summed E-state index contributed by atoms with van der Waals surface area (Å²) in [6.45, 7) is 1.89. The fourth-order valence-electron chi connectivity index (χ4n) is 1.70. The Morgan fingerprint density at radius 3 is 2.68 bits per heavy atom. The van der Waals surface area contributed by atoms with Crippen LogP contribution in [-0.2, 0) is 16.1 Å². The van der Waals surface area contributed by atoms with Gasteiger partial charge < -0.3 is 4.74 Å². The monoisotopic (exact) mass is 324 g/mol. The van der Waals surface area contributed by atoms with Gasteiger partial charge in [-0.2, -0.15) is 0 Å². The summed E-state index contributed by atoms with van der Waals surface area (Å²) in [5, 5.41) is 2.91. The van der Waals surface area contributed by atoms with Gasteiger partial charge in [-0.1, -0.05) is 30.3 Å². The van der Waals surface area contributed by atoms with E-state index in [1.54, 1.807) is 6.92 Å².